The molecule has 0 N–H and O–H groups in total. The minimum Gasteiger partial charge on any atom is -0.188 e. The Morgan fingerprint density at radius 3 is 2.60 bits per heavy atom. The van der Waals surface area contributed by atoms with Gasteiger partial charge in [0.15, 0.2) is 4.21 Å². The molecule has 0 radical (unpaired) electrons. The molecule has 0 atom stereocenters. The highest BCUT2D eigenvalue weighted by Gasteiger charge is 2.21. The summed E-state index contributed by atoms with van der Waals surface area (Å²) >= 11 is 6.81. The van der Waals surface area contributed by atoms with Crippen LogP contribution in [0.15, 0.2) is 22.4 Å². The molecule has 15 heavy (non-hydrogen) atoms. The molecular formula is C9H6ClFO2S2. The van der Waals surface area contributed by atoms with Gasteiger partial charge in [-0.15, -0.1) is 11.3 Å². The Bertz CT molecular complexity index is 631. The number of hydrogen-bond acceptors (Lipinski definition) is 3. The van der Waals surface area contributed by atoms with Crippen molar-refractivity contribution in [3.05, 3.63) is 28.8 Å². The Morgan fingerprint density at radius 2 is 2.07 bits per heavy atom. The van der Waals surface area contributed by atoms with E-state index in [-0.39, 0.29) is 4.21 Å². The molecule has 6 heteroatoms. The van der Waals surface area contributed by atoms with E-state index in [1.165, 1.54) is 0 Å². The molecule has 0 saturated carbocycles. The molecule has 0 saturated heterocycles. The maximum absolute atomic E-state index is 12.9. The van der Waals surface area contributed by atoms with Crippen LogP contribution < -0.4 is 0 Å². The highest BCUT2D eigenvalue weighted by Crippen LogP contribution is 2.38. The molecule has 0 bridgehead atoms. The van der Waals surface area contributed by atoms with Crippen LogP contribution in [0.2, 0.25) is 5.02 Å². The van der Waals surface area contributed by atoms with Crippen molar-refractivity contribution in [1.82, 2.24) is 0 Å². The van der Waals surface area contributed by atoms with Crippen molar-refractivity contribution in [2.24, 2.45) is 0 Å². The fourth-order valence-corrected chi connectivity index (χ4v) is 3.94. The summed E-state index contributed by atoms with van der Waals surface area (Å²) in [5.41, 5.74) is 0.378. The maximum atomic E-state index is 12.9. The van der Waals surface area contributed by atoms with Crippen LogP contribution in [0.3, 0.4) is 0 Å². The Hall–Kier alpha value is -0.650. The number of hydrogen-bond donors (Lipinski definition) is 0. The molecule has 0 aliphatic rings. The molecule has 0 spiro atoms. The third-order valence-corrected chi connectivity index (χ3v) is 5.04. The van der Waals surface area contributed by atoms with Gasteiger partial charge in [0.05, 0.1) is 0 Å². The van der Waals surface area contributed by atoms with Crippen LogP contribution in [-0.4, -0.2) is 8.42 Å². The van der Waals surface area contributed by atoms with Gasteiger partial charge in [0, 0.05) is 15.1 Å². The molecule has 0 aliphatic carbocycles. The fourth-order valence-electron chi connectivity index (χ4n) is 1.46. The van der Waals surface area contributed by atoms with Gasteiger partial charge in [-0.1, -0.05) is 21.6 Å². The van der Waals surface area contributed by atoms with Gasteiger partial charge in [0.1, 0.15) is 0 Å². The van der Waals surface area contributed by atoms with E-state index in [9.17, 15) is 12.3 Å². The summed E-state index contributed by atoms with van der Waals surface area (Å²) in [5, 5.41) is 1.05. The second-order valence-electron chi connectivity index (χ2n) is 3.07. The fraction of sp³-hybridized carbons (Fsp3) is 0.111. The van der Waals surface area contributed by atoms with Gasteiger partial charge in [-0.3, -0.25) is 0 Å². The first-order chi connectivity index (χ1) is 6.91. The van der Waals surface area contributed by atoms with Gasteiger partial charge >= 0.3 is 10.2 Å². The van der Waals surface area contributed by atoms with Crippen molar-refractivity contribution >= 4 is 43.2 Å². The molecule has 0 fully saturated rings. The average molecular weight is 265 g/mol. The molecule has 1 aromatic carbocycles. The van der Waals surface area contributed by atoms with E-state index in [0.29, 0.717) is 20.7 Å². The number of rotatable bonds is 1. The van der Waals surface area contributed by atoms with Gasteiger partial charge in [0.2, 0.25) is 0 Å². The molecule has 0 amide bonds. The Labute approximate surface area is 95.5 Å². The molecule has 2 aromatic rings. The van der Waals surface area contributed by atoms with Crippen LogP contribution in [0.1, 0.15) is 5.56 Å². The normalized spacial score (nSPS) is 12.2. The first-order valence-electron chi connectivity index (χ1n) is 4.03. The standard InChI is InChI=1S/C9H6ClFO2S2/c1-5-8-6(10)3-2-4-7(8)14-9(5)15(11,12)13/h2-4H,1H3. The molecule has 0 unspecified atom stereocenters. The number of thiophene rings is 1. The third kappa shape index (κ3) is 1.75. The Balaban J connectivity index is 2.94. The van der Waals surface area contributed by atoms with E-state index < -0.39 is 10.2 Å². The van der Waals surface area contributed by atoms with Crippen molar-refractivity contribution < 1.29 is 12.3 Å². The number of benzene rings is 1. The van der Waals surface area contributed by atoms with Gasteiger partial charge in [-0.05, 0) is 24.6 Å². The van der Waals surface area contributed by atoms with Crippen molar-refractivity contribution in [3.8, 4) is 0 Å². The van der Waals surface area contributed by atoms with Crippen molar-refractivity contribution in [3.63, 3.8) is 0 Å². The van der Waals surface area contributed by atoms with Crippen molar-refractivity contribution in [2.45, 2.75) is 11.1 Å². The molecule has 0 aliphatic heterocycles. The highest BCUT2D eigenvalue weighted by molar-refractivity contribution is 7.88. The Morgan fingerprint density at radius 1 is 1.40 bits per heavy atom. The zero-order valence-corrected chi connectivity index (χ0v) is 10.0. The second-order valence-corrected chi connectivity index (χ2v) is 6.07. The monoisotopic (exact) mass is 264 g/mol. The third-order valence-electron chi connectivity index (χ3n) is 2.08. The van der Waals surface area contributed by atoms with Crippen LogP contribution in [0.25, 0.3) is 10.1 Å². The Kier molecular flexibility index (Phi) is 2.48. The number of aryl methyl sites for hydroxylation is 1. The molecule has 1 aromatic heterocycles. The lowest BCUT2D eigenvalue weighted by Crippen LogP contribution is -1.89. The summed E-state index contributed by atoms with van der Waals surface area (Å²) in [7, 11) is -4.65. The second kappa shape index (κ2) is 3.43. The van der Waals surface area contributed by atoms with Gasteiger partial charge < -0.3 is 0 Å². The first-order valence-corrected chi connectivity index (χ1v) is 6.61. The lowest BCUT2D eigenvalue weighted by molar-refractivity contribution is 0.554. The van der Waals surface area contributed by atoms with Crippen molar-refractivity contribution in [1.29, 1.82) is 0 Å². The van der Waals surface area contributed by atoms with Crippen LogP contribution in [0, 0.1) is 6.92 Å². The average Bonchev–Trinajstić information content (AvgIpc) is 2.44. The molecular weight excluding hydrogens is 259 g/mol. The van der Waals surface area contributed by atoms with E-state index >= 15 is 0 Å². The van der Waals surface area contributed by atoms with E-state index in [4.69, 9.17) is 11.6 Å². The maximum Gasteiger partial charge on any atom is 0.341 e. The van der Waals surface area contributed by atoms with E-state index in [0.717, 1.165) is 11.3 Å². The minimum absolute atomic E-state index is 0.259. The molecule has 80 valence electrons. The summed E-state index contributed by atoms with van der Waals surface area (Å²) in [6.07, 6.45) is 0. The van der Waals surface area contributed by atoms with E-state index in [2.05, 4.69) is 0 Å². The van der Waals surface area contributed by atoms with Crippen molar-refractivity contribution in [2.75, 3.05) is 0 Å². The topological polar surface area (TPSA) is 34.1 Å². The van der Waals surface area contributed by atoms with Gasteiger partial charge in [-0.2, -0.15) is 8.42 Å². The van der Waals surface area contributed by atoms with Crippen LogP contribution >= 0.6 is 22.9 Å². The SMILES string of the molecule is Cc1c(S(=O)(=O)F)sc2cccc(Cl)c12. The predicted molar refractivity (Wildman–Crippen MR) is 59.9 cm³/mol. The minimum atomic E-state index is -4.65. The zero-order chi connectivity index (χ0) is 11.2. The molecule has 2 rings (SSSR count). The van der Waals surface area contributed by atoms with Gasteiger partial charge in [0.25, 0.3) is 0 Å². The zero-order valence-electron chi connectivity index (χ0n) is 7.62. The summed E-state index contributed by atoms with van der Waals surface area (Å²) < 4.78 is 35.0. The quantitative estimate of drug-likeness (QED) is 0.739. The number of halogens is 2. The summed E-state index contributed by atoms with van der Waals surface area (Å²) in [5.74, 6) is 0. The summed E-state index contributed by atoms with van der Waals surface area (Å²) in [6.45, 7) is 1.55. The molecule has 2 nitrogen and oxygen atoms in total. The smallest absolute Gasteiger partial charge is 0.188 e. The van der Waals surface area contributed by atoms with E-state index in [1.807, 2.05) is 0 Å². The summed E-state index contributed by atoms with van der Waals surface area (Å²) in [4.78, 5) is 0. The van der Waals surface area contributed by atoms with Crippen LogP contribution in [0.5, 0.6) is 0 Å². The van der Waals surface area contributed by atoms with Crippen LogP contribution in [-0.2, 0) is 10.2 Å². The lowest BCUT2D eigenvalue weighted by Gasteiger charge is -1.94. The van der Waals surface area contributed by atoms with E-state index in [1.54, 1.807) is 25.1 Å². The highest BCUT2D eigenvalue weighted by atomic mass is 35.5. The van der Waals surface area contributed by atoms with Crippen LogP contribution in [0.4, 0.5) is 3.89 Å². The molecule has 1 heterocycles. The van der Waals surface area contributed by atoms with Gasteiger partial charge in [-0.25, -0.2) is 0 Å². The number of fused-ring (bicyclic) bond motifs is 1. The lowest BCUT2D eigenvalue weighted by atomic mass is 10.2. The largest absolute Gasteiger partial charge is 0.341 e. The summed E-state index contributed by atoms with van der Waals surface area (Å²) in [6, 6.07) is 5.07. The first kappa shape index (κ1) is 10.9. The predicted octanol–water partition coefficient (Wildman–Crippen LogP) is 3.52.